The molecule has 0 bridgehead atoms. The number of sulfone groups is 1. The predicted octanol–water partition coefficient (Wildman–Crippen LogP) is 3.58. The third-order valence-electron chi connectivity index (χ3n) is 3.48. The third kappa shape index (κ3) is 7.25. The minimum absolute atomic E-state index is 0.151. The van der Waals surface area contributed by atoms with Crippen molar-refractivity contribution >= 4 is 50.5 Å². The third-order valence-corrected chi connectivity index (χ3v) is 5.86. The fourth-order valence-electron chi connectivity index (χ4n) is 2.43. The first-order valence-corrected chi connectivity index (χ1v) is 10.7. The van der Waals surface area contributed by atoms with E-state index in [1.165, 1.54) is 31.2 Å². The maximum absolute atomic E-state index is 12.5. The Bertz CT molecular complexity index is 1140. The number of anilines is 2. The number of nitrogens with one attached hydrogen (secondary N) is 2. The van der Waals surface area contributed by atoms with Crippen LogP contribution in [0.3, 0.4) is 0 Å². The van der Waals surface area contributed by atoms with Crippen molar-refractivity contribution in [2.75, 3.05) is 16.4 Å². The molecular weight excluding hydrogens is 463 g/mol. The summed E-state index contributed by atoms with van der Waals surface area (Å²) in [7, 11) is -4.56. The minimum Gasteiger partial charge on any atom is -0.326 e. The van der Waals surface area contributed by atoms with Crippen LogP contribution >= 0.6 is 11.8 Å². The second kappa shape index (κ2) is 9.34. The number of nitrogens with zero attached hydrogens (tertiary/aromatic N) is 1. The lowest BCUT2D eigenvalue weighted by Gasteiger charge is -2.10. The van der Waals surface area contributed by atoms with Gasteiger partial charge in [0.2, 0.25) is 11.8 Å². The topological polar surface area (TPSA) is 135 Å². The van der Waals surface area contributed by atoms with Crippen LogP contribution in [0.4, 0.5) is 30.2 Å². The Labute approximate surface area is 178 Å². The van der Waals surface area contributed by atoms with Crippen molar-refractivity contribution in [3.8, 4) is 0 Å². The zero-order chi connectivity index (χ0) is 23.4. The molecule has 0 aliphatic carbocycles. The Morgan fingerprint density at radius 1 is 1.10 bits per heavy atom. The zero-order valence-electron chi connectivity index (χ0n) is 15.6. The largest absolute Gasteiger partial charge is 0.446 e. The number of halogens is 3. The van der Waals surface area contributed by atoms with Gasteiger partial charge < -0.3 is 10.6 Å². The molecular formula is C17H14F3N3O6S2. The fraction of sp³-hybridized carbons (Fsp3) is 0.176. The van der Waals surface area contributed by atoms with Crippen LogP contribution in [0.2, 0.25) is 0 Å². The van der Waals surface area contributed by atoms with Gasteiger partial charge in [-0.15, -0.1) is 0 Å². The Kier molecular flexibility index (Phi) is 7.28. The van der Waals surface area contributed by atoms with E-state index in [0.29, 0.717) is 17.8 Å². The van der Waals surface area contributed by atoms with Crippen LogP contribution < -0.4 is 10.6 Å². The van der Waals surface area contributed by atoms with Crippen molar-refractivity contribution in [2.45, 2.75) is 22.2 Å². The molecule has 2 aromatic rings. The molecule has 0 spiro atoms. The van der Waals surface area contributed by atoms with Crippen LogP contribution in [0, 0.1) is 10.1 Å². The van der Waals surface area contributed by atoms with Crippen LogP contribution in [-0.4, -0.2) is 36.4 Å². The number of hydrogen-bond acceptors (Lipinski definition) is 7. The van der Waals surface area contributed by atoms with Gasteiger partial charge in [-0.1, -0.05) is 6.07 Å². The SMILES string of the molecule is CC(=O)Nc1cccc(NC(=O)CS(=O)(=O)c2ccc(SC(F)(F)F)cc2[N+](=O)[O-])c1. The highest BCUT2D eigenvalue weighted by Gasteiger charge is 2.33. The van der Waals surface area contributed by atoms with Crippen LogP contribution in [0.15, 0.2) is 52.3 Å². The molecule has 2 rings (SSSR count). The average molecular weight is 477 g/mol. The molecule has 9 nitrogen and oxygen atoms in total. The van der Waals surface area contributed by atoms with E-state index in [1.807, 2.05) is 0 Å². The highest BCUT2D eigenvalue weighted by atomic mass is 32.2. The number of rotatable bonds is 7. The number of alkyl halides is 3. The van der Waals surface area contributed by atoms with Crippen molar-refractivity contribution in [1.82, 2.24) is 0 Å². The van der Waals surface area contributed by atoms with Gasteiger partial charge in [0.05, 0.1) is 4.92 Å². The molecule has 2 amide bonds. The predicted molar refractivity (Wildman–Crippen MR) is 106 cm³/mol. The van der Waals surface area contributed by atoms with Gasteiger partial charge in [0.1, 0.15) is 10.6 Å². The average Bonchev–Trinajstić information content (AvgIpc) is 2.59. The zero-order valence-corrected chi connectivity index (χ0v) is 17.2. The molecule has 0 aliphatic heterocycles. The Balaban J connectivity index is 2.24. The van der Waals surface area contributed by atoms with Gasteiger partial charge in [0, 0.05) is 29.3 Å². The molecule has 2 aromatic carbocycles. The normalized spacial score (nSPS) is 11.6. The van der Waals surface area contributed by atoms with Crippen molar-refractivity contribution in [3.63, 3.8) is 0 Å². The summed E-state index contributed by atoms with van der Waals surface area (Å²) in [4.78, 5) is 31.9. The monoisotopic (exact) mass is 477 g/mol. The van der Waals surface area contributed by atoms with Gasteiger partial charge in [0.15, 0.2) is 9.84 Å². The first-order chi connectivity index (χ1) is 14.3. The summed E-state index contributed by atoms with van der Waals surface area (Å²) in [6.07, 6.45) is 0. The van der Waals surface area contributed by atoms with E-state index in [4.69, 9.17) is 0 Å². The van der Waals surface area contributed by atoms with E-state index in [2.05, 4.69) is 10.6 Å². The molecule has 0 atom stereocenters. The highest BCUT2D eigenvalue weighted by molar-refractivity contribution is 8.00. The molecule has 31 heavy (non-hydrogen) atoms. The van der Waals surface area contributed by atoms with E-state index < -0.39 is 59.2 Å². The molecule has 0 radical (unpaired) electrons. The summed E-state index contributed by atoms with van der Waals surface area (Å²) >= 11 is -0.636. The first kappa shape index (κ1) is 24.1. The fourth-order valence-corrected chi connectivity index (χ4v) is 4.30. The molecule has 2 N–H and O–H groups in total. The van der Waals surface area contributed by atoms with E-state index in [0.717, 1.165) is 6.07 Å². The lowest BCUT2D eigenvalue weighted by Crippen LogP contribution is -2.23. The summed E-state index contributed by atoms with van der Waals surface area (Å²) in [6, 6.07) is 7.70. The van der Waals surface area contributed by atoms with Crippen LogP contribution in [0.25, 0.3) is 0 Å². The number of carbonyl (C=O) groups is 2. The van der Waals surface area contributed by atoms with Crippen LogP contribution in [-0.2, 0) is 19.4 Å². The van der Waals surface area contributed by atoms with Gasteiger partial charge in [-0.3, -0.25) is 19.7 Å². The quantitative estimate of drug-likeness (QED) is 0.353. The standard InChI is InChI=1S/C17H14F3N3O6S2/c1-10(24)21-11-3-2-4-12(7-11)22-16(25)9-31(28,29)15-6-5-13(30-17(18,19)20)8-14(15)23(26)27/h2-8H,9H2,1H3,(H,21,24)(H,22,25). The minimum atomic E-state index is -4.72. The van der Waals surface area contributed by atoms with Gasteiger partial charge in [-0.25, -0.2) is 8.42 Å². The molecule has 14 heteroatoms. The molecule has 166 valence electrons. The Hall–Kier alpha value is -3.13. The van der Waals surface area contributed by atoms with E-state index in [1.54, 1.807) is 0 Å². The van der Waals surface area contributed by atoms with E-state index in [-0.39, 0.29) is 11.6 Å². The first-order valence-electron chi connectivity index (χ1n) is 8.21. The van der Waals surface area contributed by atoms with Gasteiger partial charge >= 0.3 is 5.51 Å². The number of nitro benzene ring substituents is 1. The molecule has 0 aromatic heterocycles. The summed E-state index contributed by atoms with van der Waals surface area (Å²) < 4.78 is 62.5. The molecule has 0 aliphatic rings. The smallest absolute Gasteiger partial charge is 0.326 e. The van der Waals surface area contributed by atoms with Crippen LogP contribution in [0.5, 0.6) is 0 Å². The summed E-state index contributed by atoms with van der Waals surface area (Å²) in [5.74, 6) is -2.60. The maximum atomic E-state index is 12.5. The van der Waals surface area contributed by atoms with Crippen molar-refractivity contribution < 1.29 is 36.1 Å². The number of benzene rings is 2. The van der Waals surface area contributed by atoms with Crippen LogP contribution in [0.1, 0.15) is 6.92 Å². The maximum Gasteiger partial charge on any atom is 0.446 e. The molecule has 0 saturated carbocycles. The van der Waals surface area contributed by atoms with Crippen molar-refractivity contribution in [3.05, 3.63) is 52.6 Å². The van der Waals surface area contributed by atoms with Gasteiger partial charge in [0.25, 0.3) is 5.69 Å². The number of hydrogen-bond donors (Lipinski definition) is 2. The lowest BCUT2D eigenvalue weighted by atomic mass is 10.2. The second-order valence-electron chi connectivity index (χ2n) is 6.00. The van der Waals surface area contributed by atoms with Crippen molar-refractivity contribution in [1.29, 1.82) is 0 Å². The van der Waals surface area contributed by atoms with Gasteiger partial charge in [-0.05, 0) is 42.1 Å². The summed E-state index contributed by atoms with van der Waals surface area (Å²) in [5.41, 5.74) is -5.31. The lowest BCUT2D eigenvalue weighted by molar-refractivity contribution is -0.388. The number of amides is 2. The number of carbonyl (C=O) groups excluding carboxylic acids is 2. The molecule has 0 unspecified atom stereocenters. The molecule has 0 saturated heterocycles. The second-order valence-corrected chi connectivity index (χ2v) is 9.10. The number of nitro groups is 1. The summed E-state index contributed by atoms with van der Waals surface area (Å²) in [5, 5.41) is 16.0. The summed E-state index contributed by atoms with van der Waals surface area (Å²) in [6.45, 7) is 1.27. The van der Waals surface area contributed by atoms with E-state index in [9.17, 15) is 41.3 Å². The highest BCUT2D eigenvalue weighted by Crippen LogP contribution is 2.39. The Morgan fingerprint density at radius 3 is 2.26 bits per heavy atom. The molecule has 0 heterocycles. The number of thioether (sulfide) groups is 1. The van der Waals surface area contributed by atoms with Gasteiger partial charge in [-0.2, -0.15) is 13.2 Å². The molecule has 0 fully saturated rings. The Morgan fingerprint density at radius 2 is 1.71 bits per heavy atom. The van der Waals surface area contributed by atoms with E-state index >= 15 is 0 Å². The van der Waals surface area contributed by atoms with Crippen molar-refractivity contribution in [2.24, 2.45) is 0 Å².